The summed E-state index contributed by atoms with van der Waals surface area (Å²) in [6.45, 7) is 0. The van der Waals surface area contributed by atoms with Crippen molar-refractivity contribution in [3.63, 3.8) is 0 Å². The molecule has 6 aromatic rings. The number of pyridine rings is 3. The summed E-state index contributed by atoms with van der Waals surface area (Å²) >= 11 is 0. The van der Waals surface area contributed by atoms with Gasteiger partial charge in [-0.2, -0.15) is 0 Å². The number of furan rings is 1. The van der Waals surface area contributed by atoms with E-state index in [1.54, 1.807) is 30.9 Å². The van der Waals surface area contributed by atoms with Crippen LogP contribution in [0.1, 0.15) is 0 Å². The minimum atomic E-state index is 0. The molecule has 0 spiro atoms. The third-order valence-corrected chi connectivity index (χ3v) is 4.79. The Hall–Kier alpha value is -3.66. The number of nitrogens with zero attached hydrogens (tertiary/aromatic N) is 3. The summed E-state index contributed by atoms with van der Waals surface area (Å²) in [6, 6.07) is 31.8. The van der Waals surface area contributed by atoms with Gasteiger partial charge in [0.05, 0.1) is 6.20 Å². The maximum atomic E-state index is 5.75. The van der Waals surface area contributed by atoms with E-state index in [1.165, 1.54) is 0 Å². The topological polar surface area (TPSA) is 51.8 Å². The van der Waals surface area contributed by atoms with Crippen LogP contribution in [0.3, 0.4) is 0 Å². The van der Waals surface area contributed by atoms with Crippen LogP contribution in [0.4, 0.5) is 0 Å². The van der Waals surface area contributed by atoms with Crippen LogP contribution >= 0.6 is 0 Å². The fourth-order valence-corrected chi connectivity index (χ4v) is 3.32. The van der Waals surface area contributed by atoms with Gasteiger partial charge >= 0.3 is 0 Å². The molecule has 4 heterocycles. The van der Waals surface area contributed by atoms with Crippen LogP contribution in [0.15, 0.2) is 108 Å². The van der Waals surface area contributed by atoms with E-state index in [0.717, 1.165) is 44.5 Å². The Labute approximate surface area is 199 Å². The average Bonchev–Trinajstić information content (AvgIpc) is 3.24. The van der Waals surface area contributed by atoms with Crippen molar-refractivity contribution in [2.24, 2.45) is 0 Å². The summed E-state index contributed by atoms with van der Waals surface area (Å²) in [7, 11) is 0. The Morgan fingerprint density at radius 1 is 0.625 bits per heavy atom. The van der Waals surface area contributed by atoms with Crippen LogP contribution in [-0.4, -0.2) is 15.0 Å². The third kappa shape index (κ3) is 4.65. The molecule has 0 N–H and O–H groups in total. The molecule has 6 rings (SSSR count). The first kappa shape index (κ1) is 21.6. The second-order valence-corrected chi connectivity index (χ2v) is 6.81. The van der Waals surface area contributed by atoms with Crippen molar-refractivity contribution in [1.82, 2.24) is 15.0 Å². The zero-order valence-electron chi connectivity index (χ0n) is 16.9. The molecule has 2 aromatic carbocycles. The van der Waals surface area contributed by atoms with Crippen molar-refractivity contribution in [1.29, 1.82) is 0 Å². The van der Waals surface area contributed by atoms with Gasteiger partial charge in [-0.25, -0.2) is 0 Å². The van der Waals surface area contributed by atoms with Gasteiger partial charge in [0.25, 0.3) is 0 Å². The zero-order chi connectivity index (χ0) is 20.9. The van der Waals surface area contributed by atoms with E-state index < -0.39 is 0 Å². The van der Waals surface area contributed by atoms with Crippen molar-refractivity contribution < 1.29 is 24.5 Å². The van der Waals surface area contributed by atoms with Crippen molar-refractivity contribution in [2.45, 2.75) is 0 Å². The smallest absolute Gasteiger partial charge is 0.151 e. The Morgan fingerprint density at radius 2 is 1.47 bits per heavy atom. The molecule has 0 saturated carbocycles. The van der Waals surface area contributed by atoms with Crippen LogP contribution < -0.4 is 0 Å². The molecule has 0 aliphatic heterocycles. The largest absolute Gasteiger partial charge is 0.455 e. The van der Waals surface area contributed by atoms with E-state index >= 15 is 0 Å². The van der Waals surface area contributed by atoms with E-state index in [0.29, 0.717) is 0 Å². The summed E-state index contributed by atoms with van der Waals surface area (Å²) in [6.07, 6.45) is 7.01. The number of para-hydroxylation sites is 1. The van der Waals surface area contributed by atoms with Crippen molar-refractivity contribution >= 4 is 21.9 Å². The first-order valence-electron chi connectivity index (χ1n) is 9.86. The van der Waals surface area contributed by atoms with Crippen LogP contribution in [0.2, 0.25) is 0 Å². The monoisotopic (exact) mass is 592 g/mol. The predicted octanol–water partition coefficient (Wildman–Crippen LogP) is 6.39. The maximum absolute atomic E-state index is 5.75. The van der Waals surface area contributed by atoms with Crippen LogP contribution in [-0.2, 0) is 20.1 Å². The normalized spacial score (nSPS) is 10.2. The van der Waals surface area contributed by atoms with E-state index in [2.05, 4.69) is 33.2 Å². The Balaban J connectivity index is 0.000000164. The van der Waals surface area contributed by atoms with Gasteiger partial charge in [0.15, 0.2) is 5.58 Å². The Bertz CT molecular complexity index is 1380. The van der Waals surface area contributed by atoms with Gasteiger partial charge in [-0.1, -0.05) is 48.8 Å². The third-order valence-electron chi connectivity index (χ3n) is 4.79. The molecule has 157 valence electrons. The maximum Gasteiger partial charge on any atom is 0.151 e. The van der Waals surface area contributed by atoms with Gasteiger partial charge < -0.3 is 19.4 Å². The molecule has 0 bridgehead atoms. The number of hydrogen-bond acceptors (Lipinski definition) is 4. The van der Waals surface area contributed by atoms with Crippen LogP contribution in [0, 0.1) is 12.1 Å². The molecule has 4 nitrogen and oxygen atoms in total. The van der Waals surface area contributed by atoms with Crippen LogP contribution in [0.25, 0.3) is 44.5 Å². The van der Waals surface area contributed by atoms with E-state index in [9.17, 15) is 0 Å². The molecule has 4 aromatic heterocycles. The summed E-state index contributed by atoms with van der Waals surface area (Å²) in [4.78, 5) is 12.7. The molecule has 0 fully saturated rings. The molecule has 1 radical (unpaired) electrons. The van der Waals surface area contributed by atoms with E-state index in [4.69, 9.17) is 4.42 Å². The van der Waals surface area contributed by atoms with Gasteiger partial charge in [-0.15, -0.1) is 53.6 Å². The Kier molecular flexibility index (Phi) is 6.81. The minimum Gasteiger partial charge on any atom is -0.455 e. The summed E-state index contributed by atoms with van der Waals surface area (Å²) in [5.74, 6) is 0. The summed E-state index contributed by atoms with van der Waals surface area (Å²) in [5, 5.41) is 2.17. The summed E-state index contributed by atoms with van der Waals surface area (Å²) in [5.41, 5.74) is 5.43. The molecule has 0 amide bonds. The van der Waals surface area contributed by atoms with Gasteiger partial charge in [-0.3, -0.25) is 0 Å². The molecule has 0 aliphatic carbocycles. The zero-order valence-corrected chi connectivity index (χ0v) is 19.3. The molecule has 5 heteroatoms. The standard InChI is InChI=1S/C16H9N2O.C11H8N.Ir/c1-2-6-15-12(5-1)13-8-14(18-10-16(13)19-15)11-4-3-7-17-9-11;1-2-6-10(7-3-1)11-8-4-5-9-12-11;/h1-3,5-10H;1-6,8-9H;/q2*-1;. The Morgan fingerprint density at radius 3 is 2.25 bits per heavy atom. The van der Waals surface area contributed by atoms with Crippen molar-refractivity contribution in [2.75, 3.05) is 0 Å². The molecule has 0 aliphatic rings. The van der Waals surface area contributed by atoms with Gasteiger partial charge in [-0.05, 0) is 23.5 Å². The van der Waals surface area contributed by atoms with Gasteiger partial charge in [0.2, 0.25) is 0 Å². The van der Waals surface area contributed by atoms with Crippen molar-refractivity contribution in [3.8, 4) is 22.5 Å². The second kappa shape index (κ2) is 10.1. The fourth-order valence-electron chi connectivity index (χ4n) is 3.32. The van der Waals surface area contributed by atoms with Crippen LogP contribution in [0.5, 0.6) is 0 Å². The number of fused-ring (bicyclic) bond motifs is 3. The first-order chi connectivity index (χ1) is 15.4. The summed E-state index contributed by atoms with van der Waals surface area (Å²) < 4.78 is 5.75. The van der Waals surface area contributed by atoms with Gasteiger partial charge in [0, 0.05) is 37.1 Å². The molecular formula is C27H17IrN3O-2. The molecular weight excluding hydrogens is 575 g/mol. The molecule has 0 atom stereocenters. The molecule has 0 unspecified atom stereocenters. The average molecular weight is 592 g/mol. The second-order valence-electron chi connectivity index (χ2n) is 6.81. The first-order valence-corrected chi connectivity index (χ1v) is 9.86. The van der Waals surface area contributed by atoms with Crippen molar-refractivity contribution in [3.05, 3.63) is 116 Å². The molecule has 32 heavy (non-hydrogen) atoms. The number of aromatic nitrogens is 3. The SMILES string of the molecule is [Ir].[c-]1ccccc1-c1ccccn1.[c-]1ccncc1-c1cc2c(cn1)oc1ccccc12. The van der Waals surface area contributed by atoms with E-state index in [1.807, 2.05) is 66.7 Å². The fraction of sp³-hybridized carbons (Fsp3) is 0. The minimum absolute atomic E-state index is 0. The predicted molar refractivity (Wildman–Crippen MR) is 122 cm³/mol. The number of hydrogen-bond donors (Lipinski definition) is 0. The van der Waals surface area contributed by atoms with Gasteiger partial charge in [0.1, 0.15) is 5.58 Å². The van der Waals surface area contributed by atoms with E-state index in [-0.39, 0.29) is 20.1 Å². The molecule has 0 saturated heterocycles. The number of benzene rings is 2. The number of rotatable bonds is 2. The quantitative estimate of drug-likeness (QED) is 0.219.